The Bertz CT molecular complexity index is 337. The third-order valence-corrected chi connectivity index (χ3v) is 2.29. The minimum Gasteiger partial charge on any atom is -0.464 e. The minimum atomic E-state index is -0.209. The first-order valence-electron chi connectivity index (χ1n) is 4.40. The van der Waals surface area contributed by atoms with Crippen LogP contribution in [0.2, 0.25) is 5.22 Å². The molecule has 0 saturated carbocycles. The molecule has 1 unspecified atom stereocenters. The molecule has 1 aliphatic rings. The molecule has 1 saturated heterocycles. The van der Waals surface area contributed by atoms with Gasteiger partial charge in [0.05, 0.1) is 13.2 Å². The summed E-state index contributed by atoms with van der Waals surface area (Å²) in [7, 11) is 0. The molecule has 0 bridgehead atoms. The number of cyclic esters (lactones) is 1. The van der Waals surface area contributed by atoms with Crippen molar-refractivity contribution in [2.24, 2.45) is 0 Å². The predicted octanol–water partition coefficient (Wildman–Crippen LogP) is 1.34. The molecule has 2 heterocycles. The van der Waals surface area contributed by atoms with Crippen molar-refractivity contribution in [1.82, 2.24) is 5.32 Å². The van der Waals surface area contributed by atoms with Crippen molar-refractivity contribution < 1.29 is 13.9 Å². The molecule has 1 N–H and O–H groups in total. The van der Waals surface area contributed by atoms with Gasteiger partial charge in [-0.3, -0.25) is 10.1 Å². The van der Waals surface area contributed by atoms with Crippen LogP contribution in [0.4, 0.5) is 0 Å². The molecule has 1 aliphatic heterocycles. The zero-order valence-corrected chi connectivity index (χ0v) is 8.21. The van der Waals surface area contributed by atoms with Crippen LogP contribution in [-0.2, 0) is 16.1 Å². The first-order valence-corrected chi connectivity index (χ1v) is 4.78. The number of rotatable bonds is 3. The van der Waals surface area contributed by atoms with E-state index in [9.17, 15) is 4.79 Å². The molecular formula is C9H10ClNO3. The molecule has 1 aromatic rings. The van der Waals surface area contributed by atoms with Gasteiger partial charge >= 0.3 is 5.97 Å². The third-order valence-electron chi connectivity index (χ3n) is 2.09. The summed E-state index contributed by atoms with van der Waals surface area (Å²) in [5.74, 6) is 0.525. The molecule has 0 spiro atoms. The fourth-order valence-corrected chi connectivity index (χ4v) is 1.51. The van der Waals surface area contributed by atoms with E-state index < -0.39 is 0 Å². The molecule has 14 heavy (non-hydrogen) atoms. The molecule has 2 rings (SSSR count). The van der Waals surface area contributed by atoms with E-state index in [1.54, 1.807) is 12.1 Å². The molecule has 0 radical (unpaired) electrons. The zero-order valence-electron chi connectivity index (χ0n) is 7.46. The molecule has 1 atom stereocenters. The molecule has 0 amide bonds. The van der Waals surface area contributed by atoms with Crippen molar-refractivity contribution in [2.75, 3.05) is 6.61 Å². The van der Waals surface area contributed by atoms with Gasteiger partial charge in [-0.2, -0.15) is 0 Å². The number of carbonyl (C=O) groups is 1. The van der Waals surface area contributed by atoms with E-state index in [1.165, 1.54) is 0 Å². The second kappa shape index (κ2) is 4.02. The van der Waals surface area contributed by atoms with Gasteiger partial charge in [0.15, 0.2) is 5.22 Å². The van der Waals surface area contributed by atoms with Crippen LogP contribution in [0.5, 0.6) is 0 Å². The highest BCUT2D eigenvalue weighted by Crippen LogP contribution is 2.13. The Kier molecular flexibility index (Phi) is 2.74. The topological polar surface area (TPSA) is 51.5 Å². The Morgan fingerprint density at radius 1 is 1.57 bits per heavy atom. The minimum absolute atomic E-state index is 0.192. The van der Waals surface area contributed by atoms with Crippen LogP contribution in [-0.4, -0.2) is 18.6 Å². The molecule has 1 aromatic heterocycles. The van der Waals surface area contributed by atoms with Gasteiger partial charge in [0.25, 0.3) is 0 Å². The number of ether oxygens (including phenoxy) is 1. The number of carbonyl (C=O) groups excluding carboxylic acids is 1. The molecule has 0 aromatic carbocycles. The van der Waals surface area contributed by atoms with Crippen LogP contribution < -0.4 is 5.32 Å². The van der Waals surface area contributed by atoms with Gasteiger partial charge in [-0.25, -0.2) is 0 Å². The Hall–Kier alpha value is -1.00. The lowest BCUT2D eigenvalue weighted by atomic mass is 10.2. The second-order valence-electron chi connectivity index (χ2n) is 3.10. The molecule has 76 valence electrons. The van der Waals surface area contributed by atoms with Gasteiger partial charge < -0.3 is 9.15 Å². The monoisotopic (exact) mass is 215 g/mol. The molecule has 4 nitrogen and oxygen atoms in total. The van der Waals surface area contributed by atoms with Crippen molar-refractivity contribution >= 4 is 17.6 Å². The highest BCUT2D eigenvalue weighted by atomic mass is 35.5. The van der Waals surface area contributed by atoms with Gasteiger partial charge in [-0.15, -0.1) is 0 Å². The Labute approximate surface area is 86.2 Å². The Balaban J connectivity index is 1.85. The van der Waals surface area contributed by atoms with E-state index in [-0.39, 0.29) is 12.0 Å². The maximum Gasteiger partial charge on any atom is 0.323 e. The Morgan fingerprint density at radius 2 is 2.43 bits per heavy atom. The van der Waals surface area contributed by atoms with E-state index in [2.05, 4.69) is 5.32 Å². The van der Waals surface area contributed by atoms with Crippen molar-refractivity contribution in [1.29, 1.82) is 0 Å². The standard InChI is InChI=1S/C9H10ClNO3/c10-8-2-1-6(14-8)5-11-7-3-4-13-9(7)12/h1-2,7,11H,3-5H2. The van der Waals surface area contributed by atoms with Gasteiger partial charge in [0.2, 0.25) is 0 Å². The number of nitrogens with one attached hydrogen (secondary N) is 1. The number of hydrogen-bond donors (Lipinski definition) is 1. The summed E-state index contributed by atoms with van der Waals surface area (Å²) in [6.07, 6.45) is 0.716. The molecular weight excluding hydrogens is 206 g/mol. The lowest BCUT2D eigenvalue weighted by Crippen LogP contribution is -2.32. The summed E-state index contributed by atoms with van der Waals surface area (Å²) < 4.78 is 9.93. The largest absolute Gasteiger partial charge is 0.464 e. The van der Waals surface area contributed by atoms with Crippen LogP contribution in [0, 0.1) is 0 Å². The average molecular weight is 216 g/mol. The lowest BCUT2D eigenvalue weighted by molar-refractivity contribution is -0.139. The Morgan fingerprint density at radius 3 is 3.00 bits per heavy atom. The van der Waals surface area contributed by atoms with Gasteiger partial charge in [0, 0.05) is 6.42 Å². The summed E-state index contributed by atoms with van der Waals surface area (Å²) in [6, 6.07) is 3.24. The van der Waals surface area contributed by atoms with Crippen molar-refractivity contribution in [2.45, 2.75) is 19.0 Å². The quantitative estimate of drug-likeness (QED) is 0.774. The highest BCUT2D eigenvalue weighted by Gasteiger charge is 2.25. The van der Waals surface area contributed by atoms with Gasteiger partial charge in [-0.1, -0.05) is 0 Å². The average Bonchev–Trinajstić information content (AvgIpc) is 2.72. The smallest absolute Gasteiger partial charge is 0.323 e. The summed E-state index contributed by atoms with van der Waals surface area (Å²) in [5.41, 5.74) is 0. The zero-order chi connectivity index (χ0) is 9.97. The SMILES string of the molecule is O=C1OCCC1NCc1ccc(Cl)o1. The van der Waals surface area contributed by atoms with Crippen molar-refractivity contribution in [3.8, 4) is 0 Å². The fourth-order valence-electron chi connectivity index (χ4n) is 1.35. The molecule has 0 aliphatic carbocycles. The first kappa shape index (κ1) is 9.55. The van der Waals surface area contributed by atoms with Crippen LogP contribution in [0.25, 0.3) is 0 Å². The second-order valence-corrected chi connectivity index (χ2v) is 3.47. The van der Waals surface area contributed by atoms with E-state index in [4.69, 9.17) is 20.8 Å². The summed E-state index contributed by atoms with van der Waals surface area (Å²) in [5, 5.41) is 3.39. The van der Waals surface area contributed by atoms with E-state index >= 15 is 0 Å². The summed E-state index contributed by atoms with van der Waals surface area (Å²) in [6.45, 7) is 0.988. The highest BCUT2D eigenvalue weighted by molar-refractivity contribution is 6.28. The number of esters is 1. The van der Waals surface area contributed by atoms with E-state index in [1.807, 2.05) is 0 Å². The molecule has 5 heteroatoms. The lowest BCUT2D eigenvalue weighted by Gasteiger charge is -2.05. The number of hydrogen-bond acceptors (Lipinski definition) is 4. The van der Waals surface area contributed by atoms with Crippen LogP contribution in [0.3, 0.4) is 0 Å². The van der Waals surface area contributed by atoms with E-state index in [0.29, 0.717) is 24.8 Å². The third kappa shape index (κ3) is 2.08. The maximum absolute atomic E-state index is 11.1. The number of furan rings is 1. The van der Waals surface area contributed by atoms with Crippen LogP contribution >= 0.6 is 11.6 Å². The van der Waals surface area contributed by atoms with Crippen LogP contribution in [0.1, 0.15) is 12.2 Å². The first-order chi connectivity index (χ1) is 6.75. The molecule has 1 fully saturated rings. The van der Waals surface area contributed by atoms with Crippen LogP contribution in [0.15, 0.2) is 16.5 Å². The van der Waals surface area contributed by atoms with Gasteiger partial charge in [0.1, 0.15) is 11.8 Å². The fraction of sp³-hybridized carbons (Fsp3) is 0.444. The maximum atomic E-state index is 11.1. The predicted molar refractivity (Wildman–Crippen MR) is 49.9 cm³/mol. The number of halogens is 1. The summed E-state index contributed by atoms with van der Waals surface area (Å²) >= 11 is 5.60. The van der Waals surface area contributed by atoms with E-state index in [0.717, 1.165) is 5.76 Å². The van der Waals surface area contributed by atoms with Gasteiger partial charge in [-0.05, 0) is 23.7 Å². The normalized spacial score (nSPS) is 21.2. The summed E-state index contributed by atoms with van der Waals surface area (Å²) in [4.78, 5) is 11.1. The van der Waals surface area contributed by atoms with Crippen molar-refractivity contribution in [3.05, 3.63) is 23.1 Å². The van der Waals surface area contributed by atoms with Crippen molar-refractivity contribution in [3.63, 3.8) is 0 Å².